The maximum absolute atomic E-state index is 17.3. The highest BCUT2D eigenvalue weighted by Crippen LogP contribution is 2.56. The van der Waals surface area contributed by atoms with Gasteiger partial charge < -0.3 is 54.3 Å². The molecule has 31 rings (SSSR count). The highest BCUT2D eigenvalue weighted by atomic mass is 19.2. The molecule has 18 heterocycles. The standard InChI is InChI=1S/C102H21B3F24N18O3/c106-61-49-55(67(112)79(124)73(61)118)97-136-98-56-50(62(107)74(119)80(125)68(56)113)92-131-86-44-29-35-17-11-13-19-37-31-46-48(90-135-96-54-60(72(117)84(129)78(123)66(54)111)102-138-100-58-52(64(109)76(121)82(127)70(58)115)94-133-88(46)141(90)105(145(94)100,147(96)102)150-42-26-8-3-9-27-42)33-39(37)21-15-14-20-38-32-47-45(30-36(38)18-12-10-16-34(35)28-43(44)85-130-91(49)142(97)103(139(85)86,143(92)98)148-40-22-4-1-5-23-40)87-132-93-51-57(69(114)81(126)75(120)63(51)108)99-137-101-59-53(65(110)77(122)83(128)71(59)116)95-134-89(47)140(87)104(144(93)99,146(95)101)149-41-24-6-2-7-25-41/h1-9,22-33H. The summed E-state index contributed by atoms with van der Waals surface area (Å²) in [5.41, 5.74) is -9.82. The van der Waals surface area contributed by atoms with Crippen molar-refractivity contribution in [3.8, 4) is 17.2 Å². The third-order valence-electron chi connectivity index (χ3n) is 28.7. The van der Waals surface area contributed by atoms with Crippen LogP contribution in [0.2, 0.25) is 0 Å². The lowest BCUT2D eigenvalue weighted by Crippen LogP contribution is -2.75. The van der Waals surface area contributed by atoms with Crippen LogP contribution in [0.15, 0.2) is 172 Å². The van der Waals surface area contributed by atoms with Crippen LogP contribution in [0, 0.1) is 212 Å². The van der Waals surface area contributed by atoms with E-state index < -0.39 is 328 Å². The van der Waals surface area contributed by atoms with Gasteiger partial charge in [-0.2, -0.15) is 0 Å². The van der Waals surface area contributed by atoms with E-state index in [-0.39, 0.29) is 81.9 Å². The average Bonchev–Trinajstić information content (AvgIpc) is 1.48. The minimum atomic E-state index is -4.12. The second-order valence-electron chi connectivity index (χ2n) is 35.8. The van der Waals surface area contributed by atoms with E-state index in [1.807, 2.05) is 0 Å². The molecule has 13 aromatic carbocycles. The molecule has 0 aliphatic carbocycles. The molecule has 0 N–H and O–H groups in total. The van der Waals surface area contributed by atoms with Gasteiger partial charge in [-0.1, -0.05) is 121 Å². The van der Waals surface area contributed by atoms with Crippen LogP contribution in [-0.4, -0.2) is 95.6 Å². The molecule has 0 radical (unpaired) electrons. The first-order valence-corrected chi connectivity index (χ1v) is 44.2. The number of halogens is 24. The number of benzene rings is 12. The molecule has 19 aromatic rings. The number of hydrogen-bond donors (Lipinski definition) is 0. The fourth-order valence-electron chi connectivity index (χ4n) is 22.9. The number of aromatic nitrogens is 6. The van der Waals surface area contributed by atoms with E-state index in [2.05, 4.69) is 87.8 Å². The lowest BCUT2D eigenvalue weighted by molar-refractivity contribution is -0.291. The zero-order chi connectivity index (χ0) is 102. The first-order chi connectivity index (χ1) is 72.4. The zero-order valence-corrected chi connectivity index (χ0v) is 72.7. The minimum absolute atomic E-state index is 0.201. The van der Waals surface area contributed by atoms with Gasteiger partial charge in [0.05, 0.1) is 49.6 Å². The minimum Gasteiger partial charge on any atom is -0.648 e. The Bertz CT molecular complexity index is 10200. The van der Waals surface area contributed by atoms with Crippen LogP contribution in [0.5, 0.6) is 17.2 Å². The zero-order valence-electron chi connectivity index (χ0n) is 72.7. The molecule has 0 spiro atoms. The first kappa shape index (κ1) is 84.5. The molecule has 0 amide bonds. The molecule has 6 aromatic heterocycles. The molecular formula is C102H21B3F24N18O3. The van der Waals surface area contributed by atoms with Crippen LogP contribution in [0.4, 0.5) is 140 Å². The van der Waals surface area contributed by atoms with Crippen LogP contribution in [0.3, 0.4) is 0 Å². The Morgan fingerprint density at radius 1 is 0.200 bits per heavy atom. The first-order valence-electron chi connectivity index (χ1n) is 44.2. The van der Waals surface area contributed by atoms with Gasteiger partial charge in [0.2, 0.25) is 35.0 Å². The Hall–Kier alpha value is -20.0. The number of fused-ring (bicyclic) bond motifs is 30. The van der Waals surface area contributed by atoms with E-state index in [9.17, 15) is 0 Å². The highest BCUT2D eigenvalue weighted by molar-refractivity contribution is 6.71. The third kappa shape index (κ3) is 9.50. The summed E-state index contributed by atoms with van der Waals surface area (Å²) >= 11 is 0. The molecule has 714 valence electrons. The van der Waals surface area contributed by atoms with Crippen molar-refractivity contribution in [2.24, 2.45) is 44.9 Å². The topological polar surface area (TPSA) is 178 Å². The predicted octanol–water partition coefficient (Wildman–Crippen LogP) is 17.2. The summed E-state index contributed by atoms with van der Waals surface area (Å²) in [6.45, 7) is -12.4. The highest BCUT2D eigenvalue weighted by Gasteiger charge is 2.67. The normalized spacial score (nSPS) is 17.3. The lowest BCUT2D eigenvalue weighted by Gasteiger charge is -2.47. The molecule has 0 fully saturated rings. The van der Waals surface area contributed by atoms with Gasteiger partial charge in [-0.25, -0.2) is 120 Å². The van der Waals surface area contributed by atoms with Crippen molar-refractivity contribution < 1.29 is 133 Å². The molecular weight excluding hydrogens is 2010 g/mol. The van der Waals surface area contributed by atoms with E-state index in [4.69, 9.17) is 43.9 Å². The number of para-hydroxylation sites is 3. The van der Waals surface area contributed by atoms with Gasteiger partial charge in [-0.15, -0.1) is 0 Å². The Kier molecular flexibility index (Phi) is 15.5. The SMILES string of the molecule is Fc1c(F)c(F)c2c(c1F)C1=Nc3c4c(F)c(F)c(F)c(F)c4c4n3[B-]3(Oc5ccccc5)n5c(c6cc7c#cc#cc8cc9c%10n%11c(c9cc8c#cc#cc8cc9c%12n%13c(c9cc8c#cc#cc7cc6c5=N4)=NC4=[N+]5C(=Nc6c7c(F)c(F)c(F)c(F)c7c(n6[B-]%135Oc5ccccc5)N=%12)c5c(F)c(F)c(F)c(F)c54)=NC4=[N+]5C(=Nc6c7c(F)c(F)c(F)c(F)c7c(n6[B-]%115Oc5ccccc5)N=%10)c5c(F)c(F)c(F)c(F)c54)=NC2=[N+]13. The quantitative estimate of drug-likeness (QED) is 0.0698. The Morgan fingerprint density at radius 3 is 0.587 bits per heavy atom. The second-order valence-corrected chi connectivity index (χ2v) is 35.8. The second kappa shape index (κ2) is 27.5. The summed E-state index contributed by atoms with van der Waals surface area (Å²) in [6, 6.07) is 62.6. The number of rotatable bonds is 6. The van der Waals surface area contributed by atoms with E-state index in [1.165, 1.54) is 127 Å². The van der Waals surface area contributed by atoms with Crippen molar-refractivity contribution in [1.29, 1.82) is 0 Å². The van der Waals surface area contributed by atoms with Crippen molar-refractivity contribution in [3.05, 3.63) is 406 Å². The van der Waals surface area contributed by atoms with E-state index in [0.717, 1.165) is 40.3 Å². The maximum Gasteiger partial charge on any atom is 0.568 e. The summed E-state index contributed by atoms with van der Waals surface area (Å²) in [7, 11) is 0. The molecule has 12 aliphatic heterocycles. The summed E-state index contributed by atoms with van der Waals surface area (Å²) in [6.07, 6.45) is 0. The summed E-state index contributed by atoms with van der Waals surface area (Å²) in [5.74, 6) is -65.3. The van der Waals surface area contributed by atoms with Crippen molar-refractivity contribution in [2.45, 2.75) is 0 Å². The van der Waals surface area contributed by atoms with Gasteiger partial charge in [0, 0.05) is 64.6 Å². The molecule has 12 aliphatic rings. The van der Waals surface area contributed by atoms with Crippen molar-refractivity contribution >= 4 is 187 Å². The number of amidine groups is 6. The van der Waals surface area contributed by atoms with E-state index in [0.29, 0.717) is 0 Å². The molecule has 48 heteroatoms. The predicted molar refractivity (Wildman–Crippen MR) is 477 cm³/mol. The van der Waals surface area contributed by atoms with Gasteiger partial charge >= 0.3 is 20.3 Å². The Morgan fingerprint density at radius 2 is 0.380 bits per heavy atom. The van der Waals surface area contributed by atoms with Crippen LogP contribution < -0.4 is 46.9 Å². The van der Waals surface area contributed by atoms with Crippen molar-refractivity contribution in [2.75, 3.05) is 0 Å². The number of nitrogens with zero attached hydrogens (tertiary/aromatic N) is 18. The molecule has 0 bridgehead atoms. The van der Waals surface area contributed by atoms with E-state index in [1.54, 1.807) is 0 Å². The van der Waals surface area contributed by atoms with Crippen molar-refractivity contribution in [3.63, 3.8) is 0 Å². The largest absolute Gasteiger partial charge is 0.648 e. The summed E-state index contributed by atoms with van der Waals surface area (Å²) < 4.78 is 430. The fraction of sp³-hybridized carbons (Fsp3) is 0. The smallest absolute Gasteiger partial charge is 0.568 e. The molecule has 3 atom stereocenters. The van der Waals surface area contributed by atoms with Gasteiger partial charge in [0.25, 0.3) is 0 Å². The van der Waals surface area contributed by atoms with Crippen LogP contribution in [0.25, 0.3) is 97.0 Å². The molecule has 0 saturated heterocycles. The molecule has 21 nitrogen and oxygen atoms in total. The van der Waals surface area contributed by atoms with Gasteiger partial charge in [-0.3, -0.25) is 0 Å². The molecule has 3 unspecified atom stereocenters. The van der Waals surface area contributed by atoms with Gasteiger partial charge in [0.15, 0.2) is 174 Å². The number of hydrogen-bond acceptors (Lipinski definition) is 12. The van der Waals surface area contributed by atoms with E-state index >= 15 is 105 Å². The van der Waals surface area contributed by atoms with Crippen LogP contribution >= 0.6 is 0 Å². The fourth-order valence-corrected chi connectivity index (χ4v) is 22.9. The monoisotopic (exact) mass is 2030 g/mol. The van der Waals surface area contributed by atoms with Gasteiger partial charge in [0.1, 0.15) is 67.3 Å². The maximum atomic E-state index is 17.3. The third-order valence-corrected chi connectivity index (χ3v) is 28.7. The lowest BCUT2D eigenvalue weighted by atomic mass is 9.75. The average molecular weight is 2030 g/mol. The Labute approximate surface area is 811 Å². The summed E-state index contributed by atoms with van der Waals surface area (Å²) in [4.78, 5) is 42.1. The van der Waals surface area contributed by atoms with Crippen molar-refractivity contribution in [1.82, 2.24) is 26.9 Å². The van der Waals surface area contributed by atoms with Crippen LogP contribution in [-0.2, 0) is 0 Å². The van der Waals surface area contributed by atoms with Gasteiger partial charge in [-0.05, 0) is 109 Å². The Balaban J connectivity index is 0.732. The molecule has 0 saturated carbocycles. The van der Waals surface area contributed by atoms with Crippen LogP contribution in [0.1, 0.15) is 33.4 Å². The number of aliphatic imine (C=N–C) groups is 3. The summed E-state index contributed by atoms with van der Waals surface area (Å²) in [5, 5.41) is -9.70. The molecule has 150 heavy (non-hydrogen) atoms.